The van der Waals surface area contributed by atoms with Crippen LogP contribution in [0.25, 0.3) is 33.5 Å². The third kappa shape index (κ3) is 3.69. The molecule has 1 unspecified atom stereocenters. The van der Waals surface area contributed by atoms with Crippen molar-refractivity contribution in [3.8, 4) is 22.5 Å². The second-order valence-electron chi connectivity index (χ2n) is 7.84. The maximum absolute atomic E-state index is 12.7. The van der Waals surface area contributed by atoms with Crippen molar-refractivity contribution in [2.24, 2.45) is 0 Å². The van der Waals surface area contributed by atoms with Crippen LogP contribution in [0.1, 0.15) is 16.9 Å². The van der Waals surface area contributed by atoms with Crippen molar-refractivity contribution in [1.82, 2.24) is 25.2 Å². The lowest BCUT2D eigenvalue weighted by Crippen LogP contribution is -2.36. The largest absolute Gasteiger partial charge is 0.347 e. The van der Waals surface area contributed by atoms with E-state index in [0.717, 1.165) is 53.1 Å². The van der Waals surface area contributed by atoms with Crippen molar-refractivity contribution < 1.29 is 4.79 Å². The number of amides is 1. The van der Waals surface area contributed by atoms with Gasteiger partial charge in [-0.2, -0.15) is 0 Å². The van der Waals surface area contributed by atoms with Crippen LogP contribution in [-0.2, 0) is 0 Å². The first-order valence-corrected chi connectivity index (χ1v) is 10.2. The number of aromatic amines is 1. The van der Waals surface area contributed by atoms with E-state index in [2.05, 4.69) is 56.5 Å². The highest BCUT2D eigenvalue weighted by Crippen LogP contribution is 2.26. The van der Waals surface area contributed by atoms with E-state index < -0.39 is 0 Å². The maximum Gasteiger partial charge on any atom is 0.270 e. The van der Waals surface area contributed by atoms with Crippen molar-refractivity contribution in [3.05, 3.63) is 72.6 Å². The molecule has 6 heteroatoms. The van der Waals surface area contributed by atoms with Crippen LogP contribution in [0.2, 0.25) is 0 Å². The highest BCUT2D eigenvalue weighted by molar-refractivity contribution is 5.93. The summed E-state index contributed by atoms with van der Waals surface area (Å²) >= 11 is 0. The van der Waals surface area contributed by atoms with E-state index in [9.17, 15) is 4.79 Å². The molecular formula is C24H23N5O. The van der Waals surface area contributed by atoms with Gasteiger partial charge in [-0.05, 0) is 49.8 Å². The number of likely N-dealkylation sites (N-methyl/N-ethyl adjacent to an activating group) is 1. The Bertz CT molecular complexity index is 1200. The molecule has 1 amide bonds. The summed E-state index contributed by atoms with van der Waals surface area (Å²) in [7, 11) is 2.07. The first kappa shape index (κ1) is 18.5. The Morgan fingerprint density at radius 2 is 1.97 bits per heavy atom. The van der Waals surface area contributed by atoms with Gasteiger partial charge in [0, 0.05) is 35.4 Å². The van der Waals surface area contributed by atoms with E-state index in [4.69, 9.17) is 0 Å². The monoisotopic (exact) mass is 397 g/mol. The van der Waals surface area contributed by atoms with Crippen LogP contribution in [0, 0.1) is 0 Å². The van der Waals surface area contributed by atoms with Crippen LogP contribution in [0.5, 0.6) is 0 Å². The smallest absolute Gasteiger partial charge is 0.270 e. The summed E-state index contributed by atoms with van der Waals surface area (Å²) in [4.78, 5) is 27.4. The third-order valence-electron chi connectivity index (χ3n) is 5.56. The van der Waals surface area contributed by atoms with Crippen LogP contribution >= 0.6 is 0 Å². The van der Waals surface area contributed by atoms with Crippen molar-refractivity contribution in [1.29, 1.82) is 0 Å². The van der Waals surface area contributed by atoms with Gasteiger partial charge in [-0.3, -0.25) is 4.79 Å². The number of benzene rings is 1. The molecule has 5 rings (SSSR count). The van der Waals surface area contributed by atoms with Gasteiger partial charge in [0.2, 0.25) is 0 Å². The number of carbonyl (C=O) groups is 1. The molecule has 1 saturated heterocycles. The van der Waals surface area contributed by atoms with Gasteiger partial charge < -0.3 is 15.2 Å². The van der Waals surface area contributed by atoms with Gasteiger partial charge in [-0.1, -0.05) is 36.4 Å². The summed E-state index contributed by atoms with van der Waals surface area (Å²) in [6, 6.07) is 20.0. The summed E-state index contributed by atoms with van der Waals surface area (Å²) in [6.07, 6.45) is 2.77. The minimum atomic E-state index is -0.126. The fraction of sp³-hybridized carbons (Fsp3) is 0.208. The third-order valence-corrected chi connectivity index (χ3v) is 5.56. The number of carbonyl (C=O) groups excluding carboxylic acids is 1. The van der Waals surface area contributed by atoms with Crippen molar-refractivity contribution >= 4 is 16.9 Å². The Balaban J connectivity index is 1.41. The molecule has 0 radical (unpaired) electrons. The number of fused-ring (bicyclic) bond motifs is 1. The molecule has 4 aromatic rings. The zero-order valence-corrected chi connectivity index (χ0v) is 16.8. The molecule has 1 aliphatic heterocycles. The number of aromatic nitrogens is 3. The van der Waals surface area contributed by atoms with Gasteiger partial charge in [-0.25, -0.2) is 9.97 Å². The average molecular weight is 397 g/mol. The molecule has 0 aliphatic carbocycles. The molecule has 0 spiro atoms. The van der Waals surface area contributed by atoms with E-state index >= 15 is 0 Å². The second-order valence-corrected chi connectivity index (χ2v) is 7.84. The molecule has 3 aromatic heterocycles. The molecule has 6 nitrogen and oxygen atoms in total. The van der Waals surface area contributed by atoms with Crippen LogP contribution < -0.4 is 5.32 Å². The molecule has 30 heavy (non-hydrogen) atoms. The molecule has 0 bridgehead atoms. The van der Waals surface area contributed by atoms with Gasteiger partial charge in [0.05, 0.1) is 5.69 Å². The highest BCUT2D eigenvalue weighted by Gasteiger charge is 2.22. The SMILES string of the molecule is CN1CCC(NC(=O)c2cccc(-c3cnc4[nH]c(-c5ccccc5)cc4c3)n2)C1. The van der Waals surface area contributed by atoms with Crippen LogP contribution in [-0.4, -0.2) is 51.9 Å². The van der Waals surface area contributed by atoms with E-state index in [-0.39, 0.29) is 11.9 Å². The van der Waals surface area contributed by atoms with Gasteiger partial charge in [0.15, 0.2) is 0 Å². The highest BCUT2D eigenvalue weighted by atomic mass is 16.1. The predicted molar refractivity (Wildman–Crippen MR) is 118 cm³/mol. The number of nitrogens with zero attached hydrogens (tertiary/aromatic N) is 3. The van der Waals surface area contributed by atoms with E-state index in [1.807, 2.05) is 30.3 Å². The predicted octanol–water partition coefficient (Wildman–Crippen LogP) is 3.73. The van der Waals surface area contributed by atoms with Crippen LogP contribution in [0.15, 0.2) is 66.9 Å². The second kappa shape index (κ2) is 7.72. The summed E-state index contributed by atoms with van der Waals surface area (Å²) in [5.41, 5.74) is 5.03. The summed E-state index contributed by atoms with van der Waals surface area (Å²) in [5.74, 6) is -0.126. The number of pyridine rings is 2. The molecule has 0 saturated carbocycles. The minimum absolute atomic E-state index is 0.126. The fourth-order valence-electron chi connectivity index (χ4n) is 3.96. The van der Waals surface area contributed by atoms with E-state index in [1.54, 1.807) is 12.3 Å². The Morgan fingerprint density at radius 1 is 1.10 bits per heavy atom. The zero-order chi connectivity index (χ0) is 20.5. The molecular weight excluding hydrogens is 374 g/mol. The topological polar surface area (TPSA) is 73.9 Å². The maximum atomic E-state index is 12.7. The quantitative estimate of drug-likeness (QED) is 0.550. The number of hydrogen-bond donors (Lipinski definition) is 2. The van der Waals surface area contributed by atoms with Gasteiger partial charge in [0.25, 0.3) is 5.91 Å². The number of hydrogen-bond acceptors (Lipinski definition) is 4. The van der Waals surface area contributed by atoms with Gasteiger partial charge >= 0.3 is 0 Å². The minimum Gasteiger partial charge on any atom is -0.347 e. The van der Waals surface area contributed by atoms with Crippen molar-refractivity contribution in [2.75, 3.05) is 20.1 Å². The molecule has 1 fully saturated rings. The molecule has 1 aromatic carbocycles. The summed E-state index contributed by atoms with van der Waals surface area (Å²) < 4.78 is 0. The molecule has 1 aliphatic rings. The number of rotatable bonds is 4. The fourth-order valence-corrected chi connectivity index (χ4v) is 3.96. The molecule has 150 valence electrons. The number of likely N-dealkylation sites (tertiary alicyclic amines) is 1. The molecule has 4 heterocycles. The molecule has 2 N–H and O–H groups in total. The first-order valence-electron chi connectivity index (χ1n) is 10.2. The number of nitrogens with one attached hydrogen (secondary N) is 2. The van der Waals surface area contributed by atoms with Crippen molar-refractivity contribution in [3.63, 3.8) is 0 Å². The Labute approximate surface area is 175 Å². The number of H-pyrrole nitrogens is 1. The lowest BCUT2D eigenvalue weighted by atomic mass is 10.1. The van der Waals surface area contributed by atoms with Crippen molar-refractivity contribution in [2.45, 2.75) is 12.5 Å². The Kier molecular flexibility index (Phi) is 4.77. The summed E-state index contributed by atoms with van der Waals surface area (Å²) in [5, 5.41) is 4.10. The Hall–Kier alpha value is -3.51. The van der Waals surface area contributed by atoms with E-state index in [0.29, 0.717) is 5.69 Å². The Morgan fingerprint density at radius 3 is 2.77 bits per heavy atom. The first-order chi connectivity index (χ1) is 14.7. The summed E-state index contributed by atoms with van der Waals surface area (Å²) in [6.45, 7) is 1.88. The van der Waals surface area contributed by atoms with Gasteiger partial charge in [0.1, 0.15) is 11.3 Å². The molecule has 1 atom stereocenters. The lowest BCUT2D eigenvalue weighted by molar-refractivity contribution is 0.0933. The zero-order valence-electron chi connectivity index (χ0n) is 16.8. The van der Waals surface area contributed by atoms with E-state index in [1.165, 1.54) is 0 Å². The standard InChI is InChI=1S/C24H23N5O/c1-29-11-10-19(15-29)26-24(30)21-9-5-8-20(27-21)18-12-17-13-22(28-23(17)25-14-18)16-6-3-2-4-7-16/h2-9,12-14,19H,10-11,15H2,1H3,(H,25,28)(H,26,30). The van der Waals surface area contributed by atoms with Crippen LogP contribution in [0.4, 0.5) is 0 Å². The normalized spacial score (nSPS) is 16.8. The lowest BCUT2D eigenvalue weighted by Gasteiger charge is -2.13. The average Bonchev–Trinajstić information content (AvgIpc) is 3.39. The van der Waals surface area contributed by atoms with Crippen LogP contribution in [0.3, 0.4) is 0 Å². The van der Waals surface area contributed by atoms with Gasteiger partial charge in [-0.15, -0.1) is 0 Å².